The zero-order valence-corrected chi connectivity index (χ0v) is 16.4. The second-order valence-electron chi connectivity index (χ2n) is 6.39. The lowest BCUT2D eigenvalue weighted by molar-refractivity contribution is 0.0391. The highest BCUT2D eigenvalue weighted by Crippen LogP contribution is 2.29. The molecule has 2 heterocycles. The van der Waals surface area contributed by atoms with Crippen LogP contribution in [0.1, 0.15) is 10.4 Å². The van der Waals surface area contributed by atoms with Crippen molar-refractivity contribution in [1.29, 1.82) is 0 Å². The number of rotatable bonds is 5. The maximum absolute atomic E-state index is 13.2. The van der Waals surface area contributed by atoms with Gasteiger partial charge in [-0.05, 0) is 30.3 Å². The van der Waals surface area contributed by atoms with Gasteiger partial charge in [-0.15, -0.1) is 0 Å². The number of carbonyl (C=O) groups is 1. The van der Waals surface area contributed by atoms with Crippen molar-refractivity contribution in [2.24, 2.45) is 0 Å². The number of nitrogens with zero attached hydrogens (tertiary/aromatic N) is 3. The first kappa shape index (κ1) is 18.4. The van der Waals surface area contributed by atoms with Crippen LogP contribution in [0.5, 0.6) is 0 Å². The lowest BCUT2D eigenvalue weighted by atomic mass is 10.2. The van der Waals surface area contributed by atoms with Crippen molar-refractivity contribution in [3.8, 4) is 0 Å². The number of fused-ring (bicyclic) bond motifs is 1. The van der Waals surface area contributed by atoms with Gasteiger partial charge in [0.25, 0.3) is 5.91 Å². The zero-order chi connectivity index (χ0) is 18.6. The number of carbonyl (C=O) groups excluding carboxylic acids is 1. The summed E-state index contributed by atoms with van der Waals surface area (Å²) in [6, 6.07) is 15.0. The summed E-state index contributed by atoms with van der Waals surface area (Å²) in [5.74, 6) is -0.0789. The molecule has 1 saturated heterocycles. The van der Waals surface area contributed by atoms with Crippen molar-refractivity contribution in [3.63, 3.8) is 0 Å². The molecule has 1 aliphatic heterocycles. The van der Waals surface area contributed by atoms with Gasteiger partial charge in [-0.25, -0.2) is 4.98 Å². The van der Waals surface area contributed by atoms with Crippen molar-refractivity contribution in [2.75, 3.05) is 44.3 Å². The van der Waals surface area contributed by atoms with Gasteiger partial charge in [0.1, 0.15) is 0 Å². The molecule has 0 aliphatic carbocycles. The largest absolute Gasteiger partial charge is 0.379 e. The molecule has 7 heteroatoms. The van der Waals surface area contributed by atoms with Crippen molar-refractivity contribution >= 4 is 44.2 Å². The molecule has 140 valence electrons. The summed E-state index contributed by atoms with van der Waals surface area (Å²) in [6.45, 7) is 4.61. The number of benzene rings is 2. The summed E-state index contributed by atoms with van der Waals surface area (Å²) in [5, 5.41) is 1.27. The Morgan fingerprint density at radius 3 is 2.78 bits per heavy atom. The number of thiazole rings is 1. The summed E-state index contributed by atoms with van der Waals surface area (Å²) in [6.07, 6.45) is 0. The van der Waals surface area contributed by atoms with Crippen LogP contribution in [0.4, 0.5) is 5.13 Å². The predicted octanol–water partition coefficient (Wildman–Crippen LogP) is 3.93. The van der Waals surface area contributed by atoms with Gasteiger partial charge in [0.2, 0.25) is 0 Å². The van der Waals surface area contributed by atoms with Gasteiger partial charge >= 0.3 is 0 Å². The minimum absolute atomic E-state index is 0.0789. The Hall–Kier alpha value is -1.99. The number of halogens is 1. The average Bonchev–Trinajstić information content (AvgIpc) is 3.12. The van der Waals surface area contributed by atoms with Crippen LogP contribution in [-0.2, 0) is 4.74 Å². The Labute approximate surface area is 167 Å². The number of hydrogen-bond donors (Lipinski definition) is 0. The first-order valence-corrected chi connectivity index (χ1v) is 10.1. The van der Waals surface area contributed by atoms with Crippen molar-refractivity contribution in [1.82, 2.24) is 9.88 Å². The van der Waals surface area contributed by atoms with E-state index < -0.39 is 0 Å². The second-order valence-corrected chi connectivity index (χ2v) is 7.83. The minimum atomic E-state index is -0.0789. The maximum atomic E-state index is 13.2. The van der Waals surface area contributed by atoms with Gasteiger partial charge in [-0.1, -0.05) is 41.1 Å². The number of para-hydroxylation sites is 1. The molecule has 0 radical (unpaired) electrons. The Balaban J connectivity index is 1.62. The van der Waals surface area contributed by atoms with E-state index in [2.05, 4.69) is 4.90 Å². The van der Waals surface area contributed by atoms with Crippen molar-refractivity contribution < 1.29 is 9.53 Å². The molecule has 3 aromatic rings. The number of morpholine rings is 1. The molecule has 1 aliphatic rings. The highest BCUT2D eigenvalue weighted by molar-refractivity contribution is 7.22. The third-order valence-electron chi connectivity index (χ3n) is 4.57. The molecular weight excluding hydrogens is 382 g/mol. The molecule has 0 bridgehead atoms. The lowest BCUT2D eigenvalue weighted by Gasteiger charge is -2.29. The molecule has 1 amide bonds. The SMILES string of the molecule is O=C(c1cccc(Cl)c1)N(CCN1CCOCC1)c1nc2ccccc2s1. The van der Waals surface area contributed by atoms with E-state index in [4.69, 9.17) is 21.3 Å². The molecule has 0 N–H and O–H groups in total. The Kier molecular flexibility index (Phi) is 5.69. The van der Waals surface area contributed by atoms with Gasteiger partial charge in [0, 0.05) is 36.8 Å². The van der Waals surface area contributed by atoms with E-state index in [0.29, 0.717) is 17.1 Å². The summed E-state index contributed by atoms with van der Waals surface area (Å²) in [4.78, 5) is 22.0. The van der Waals surface area contributed by atoms with E-state index in [9.17, 15) is 4.79 Å². The van der Waals surface area contributed by atoms with E-state index >= 15 is 0 Å². The van der Waals surface area contributed by atoms with Gasteiger partial charge < -0.3 is 4.74 Å². The van der Waals surface area contributed by atoms with Crippen LogP contribution in [0, 0.1) is 0 Å². The zero-order valence-electron chi connectivity index (χ0n) is 14.8. The maximum Gasteiger partial charge on any atom is 0.260 e. The number of amides is 1. The van der Waals surface area contributed by atoms with Crippen molar-refractivity contribution in [2.45, 2.75) is 0 Å². The first-order valence-electron chi connectivity index (χ1n) is 8.94. The monoisotopic (exact) mass is 401 g/mol. The summed E-state index contributed by atoms with van der Waals surface area (Å²) < 4.78 is 6.49. The number of aromatic nitrogens is 1. The highest BCUT2D eigenvalue weighted by Gasteiger charge is 2.23. The third kappa shape index (κ3) is 4.30. The molecule has 0 spiro atoms. The van der Waals surface area contributed by atoms with Crippen molar-refractivity contribution in [3.05, 3.63) is 59.1 Å². The van der Waals surface area contributed by atoms with E-state index in [1.165, 1.54) is 11.3 Å². The Morgan fingerprint density at radius 1 is 1.19 bits per heavy atom. The smallest absolute Gasteiger partial charge is 0.260 e. The number of anilines is 1. The topological polar surface area (TPSA) is 45.7 Å². The Morgan fingerprint density at radius 2 is 2.00 bits per heavy atom. The molecule has 1 aromatic heterocycles. The third-order valence-corrected chi connectivity index (χ3v) is 5.87. The Bertz CT molecular complexity index is 907. The fraction of sp³-hybridized carbons (Fsp3) is 0.300. The summed E-state index contributed by atoms with van der Waals surface area (Å²) in [5.41, 5.74) is 1.48. The van der Waals surface area contributed by atoms with Gasteiger partial charge in [0.05, 0.1) is 23.4 Å². The highest BCUT2D eigenvalue weighted by atomic mass is 35.5. The van der Waals surface area contributed by atoms with Crippen LogP contribution in [0.15, 0.2) is 48.5 Å². The molecule has 27 heavy (non-hydrogen) atoms. The summed E-state index contributed by atoms with van der Waals surface area (Å²) >= 11 is 7.63. The molecule has 1 fully saturated rings. The second kappa shape index (κ2) is 8.35. The van der Waals surface area contributed by atoms with E-state index in [0.717, 1.165) is 48.2 Å². The average molecular weight is 402 g/mol. The quantitative estimate of drug-likeness (QED) is 0.649. The van der Waals surface area contributed by atoms with E-state index in [1.807, 2.05) is 24.3 Å². The molecule has 0 saturated carbocycles. The van der Waals surface area contributed by atoms with Gasteiger partial charge in [0.15, 0.2) is 5.13 Å². The normalized spacial score (nSPS) is 15.1. The summed E-state index contributed by atoms with van der Waals surface area (Å²) in [7, 11) is 0. The van der Waals surface area contributed by atoms with E-state index in [1.54, 1.807) is 29.2 Å². The van der Waals surface area contributed by atoms with Crippen LogP contribution in [-0.4, -0.2) is 55.2 Å². The van der Waals surface area contributed by atoms with Gasteiger partial charge in [-0.2, -0.15) is 0 Å². The number of hydrogen-bond acceptors (Lipinski definition) is 5. The van der Waals surface area contributed by atoms with Crippen LogP contribution >= 0.6 is 22.9 Å². The molecular formula is C20H20ClN3O2S. The molecule has 0 atom stereocenters. The standard InChI is InChI=1S/C20H20ClN3O2S/c21-16-5-3-4-15(14-16)19(25)24(9-8-23-10-12-26-13-11-23)20-22-17-6-1-2-7-18(17)27-20/h1-7,14H,8-13H2. The van der Waals surface area contributed by atoms with Crippen LogP contribution in [0.2, 0.25) is 5.02 Å². The predicted molar refractivity (Wildman–Crippen MR) is 110 cm³/mol. The minimum Gasteiger partial charge on any atom is -0.379 e. The molecule has 4 rings (SSSR count). The van der Waals surface area contributed by atoms with Gasteiger partial charge in [-0.3, -0.25) is 14.6 Å². The van der Waals surface area contributed by atoms with Crippen LogP contribution in [0.3, 0.4) is 0 Å². The molecule has 2 aromatic carbocycles. The van der Waals surface area contributed by atoms with Crippen LogP contribution < -0.4 is 4.90 Å². The fourth-order valence-electron chi connectivity index (χ4n) is 3.10. The van der Waals surface area contributed by atoms with Crippen LogP contribution in [0.25, 0.3) is 10.2 Å². The lowest BCUT2D eigenvalue weighted by Crippen LogP contribution is -2.43. The molecule has 5 nitrogen and oxygen atoms in total. The fourth-order valence-corrected chi connectivity index (χ4v) is 4.28. The number of ether oxygens (including phenoxy) is 1. The first-order chi connectivity index (χ1) is 13.2. The van der Waals surface area contributed by atoms with E-state index in [-0.39, 0.29) is 5.91 Å². The molecule has 0 unspecified atom stereocenters.